The standard InChI is InChI=1S/C48H80O19/c1-21(9-13-31(45(4,5)61)67-43-40(60)37(57)34(54)27(65-43)20-62-41-38(58)35(55)32(52)25(18-49)63-41)22-15-16-46(6)28-12-10-23-24(48(28,8)29(51)17-47(22,46)7)11-14-30(44(23,2)3)66-42-39(59)36(56)33(53)26(19-50)64-42/h10,21-22,24-28,30-43,49-50,52-61H,9,11-20H2,1-8H3/t21-,22?,24?,25-,26-,27-,28?,30+,31-,32-,33-,34-,35+,36+,37+,38-,39-,40-,41-,42+,43+,46+,47-,48+/m1/s1. The van der Waals surface area contributed by atoms with Crippen molar-refractivity contribution in [1.82, 2.24) is 0 Å². The normalized spacial score (nSPS) is 49.9. The third-order valence-corrected chi connectivity index (χ3v) is 18.4. The van der Waals surface area contributed by atoms with Gasteiger partial charge in [0.15, 0.2) is 18.9 Å². The van der Waals surface area contributed by atoms with Gasteiger partial charge in [0.05, 0.1) is 37.6 Å². The van der Waals surface area contributed by atoms with Gasteiger partial charge in [-0.15, -0.1) is 0 Å². The molecule has 3 saturated carbocycles. The number of allylic oxidation sites excluding steroid dienone is 1. The summed E-state index contributed by atoms with van der Waals surface area (Å²) in [4.78, 5) is 15.0. The minimum Gasteiger partial charge on any atom is -0.394 e. The number of hydrogen-bond acceptors (Lipinski definition) is 19. The smallest absolute Gasteiger partial charge is 0.187 e. The maximum Gasteiger partial charge on any atom is 0.187 e. The fourth-order valence-electron chi connectivity index (χ4n) is 13.9. The molecule has 3 unspecified atom stereocenters. The van der Waals surface area contributed by atoms with Crippen LogP contribution in [0.3, 0.4) is 0 Å². The summed E-state index contributed by atoms with van der Waals surface area (Å²) in [6, 6.07) is 0. The molecule has 7 aliphatic rings. The first-order valence-electron chi connectivity index (χ1n) is 24.4. The Morgan fingerprint density at radius 3 is 1.82 bits per heavy atom. The number of hydrogen-bond donors (Lipinski definition) is 12. The van der Waals surface area contributed by atoms with Crippen molar-refractivity contribution < 1.29 is 94.5 Å². The van der Waals surface area contributed by atoms with Gasteiger partial charge in [0.25, 0.3) is 0 Å². The van der Waals surface area contributed by atoms with E-state index in [0.29, 0.717) is 38.5 Å². The topological polar surface area (TPSA) is 315 Å². The van der Waals surface area contributed by atoms with E-state index >= 15 is 4.79 Å². The van der Waals surface area contributed by atoms with Crippen LogP contribution in [0.5, 0.6) is 0 Å². The molecule has 0 bridgehead atoms. The molecule has 0 spiro atoms. The Morgan fingerprint density at radius 2 is 1.24 bits per heavy atom. The molecule has 4 aliphatic carbocycles. The van der Waals surface area contributed by atoms with Crippen LogP contribution in [-0.4, -0.2) is 197 Å². The molecule has 0 radical (unpaired) electrons. The van der Waals surface area contributed by atoms with Gasteiger partial charge in [0, 0.05) is 17.3 Å². The predicted molar refractivity (Wildman–Crippen MR) is 234 cm³/mol. The molecule has 24 atom stereocenters. The van der Waals surface area contributed by atoms with Gasteiger partial charge in [-0.05, 0) is 93.3 Å². The van der Waals surface area contributed by atoms with Crippen LogP contribution in [0, 0.1) is 45.3 Å². The zero-order chi connectivity index (χ0) is 49.5. The first-order valence-corrected chi connectivity index (χ1v) is 24.4. The second kappa shape index (κ2) is 19.6. The highest BCUT2D eigenvalue weighted by atomic mass is 16.7. The van der Waals surface area contributed by atoms with E-state index in [1.807, 2.05) is 0 Å². The lowest BCUT2D eigenvalue weighted by Crippen LogP contribution is -2.64. The number of aliphatic hydroxyl groups excluding tert-OH is 11. The van der Waals surface area contributed by atoms with Crippen molar-refractivity contribution in [2.24, 2.45) is 45.3 Å². The highest BCUT2D eigenvalue weighted by Crippen LogP contribution is 2.74. The van der Waals surface area contributed by atoms with E-state index in [9.17, 15) is 61.3 Å². The summed E-state index contributed by atoms with van der Waals surface area (Å²) in [7, 11) is 0. The van der Waals surface area contributed by atoms with Crippen LogP contribution in [0.4, 0.5) is 0 Å². The average Bonchev–Trinajstić information content (AvgIpc) is 3.54. The van der Waals surface area contributed by atoms with Gasteiger partial charge in [0.2, 0.25) is 0 Å². The van der Waals surface area contributed by atoms with Crippen molar-refractivity contribution in [3.63, 3.8) is 0 Å². The van der Waals surface area contributed by atoms with Crippen molar-refractivity contribution >= 4 is 5.78 Å². The Labute approximate surface area is 393 Å². The van der Waals surface area contributed by atoms with Gasteiger partial charge in [0.1, 0.15) is 79.0 Å². The molecule has 12 N–H and O–H groups in total. The van der Waals surface area contributed by atoms with E-state index in [0.717, 1.165) is 18.4 Å². The monoisotopic (exact) mass is 961 g/mol. The highest BCUT2D eigenvalue weighted by Gasteiger charge is 2.70. The molecular weight excluding hydrogens is 881 g/mol. The molecule has 3 aliphatic heterocycles. The van der Waals surface area contributed by atoms with Crippen LogP contribution in [-0.2, 0) is 33.2 Å². The largest absolute Gasteiger partial charge is 0.394 e. The fraction of sp³-hybridized carbons (Fsp3) is 0.938. The molecule has 7 rings (SSSR count). The summed E-state index contributed by atoms with van der Waals surface area (Å²) >= 11 is 0. The molecule has 67 heavy (non-hydrogen) atoms. The number of fused-ring (bicyclic) bond motifs is 5. The van der Waals surface area contributed by atoms with Crippen LogP contribution in [0.15, 0.2) is 11.6 Å². The van der Waals surface area contributed by atoms with E-state index in [1.165, 1.54) is 0 Å². The molecule has 6 fully saturated rings. The third-order valence-electron chi connectivity index (χ3n) is 18.4. The molecule has 0 aromatic rings. The van der Waals surface area contributed by atoms with Gasteiger partial charge in [-0.25, -0.2) is 0 Å². The summed E-state index contributed by atoms with van der Waals surface area (Å²) in [5, 5.41) is 126. The fourth-order valence-corrected chi connectivity index (χ4v) is 13.9. The average molecular weight is 961 g/mol. The quantitative estimate of drug-likeness (QED) is 0.0944. The first-order chi connectivity index (χ1) is 31.2. The minimum absolute atomic E-state index is 0.0400. The molecule has 19 nitrogen and oxygen atoms in total. The number of rotatable bonds is 14. The highest BCUT2D eigenvalue weighted by molar-refractivity contribution is 5.88. The van der Waals surface area contributed by atoms with Crippen molar-refractivity contribution in [2.45, 2.75) is 217 Å². The van der Waals surface area contributed by atoms with Crippen molar-refractivity contribution in [3.05, 3.63) is 11.6 Å². The van der Waals surface area contributed by atoms with Crippen LogP contribution in [0.2, 0.25) is 0 Å². The lowest BCUT2D eigenvalue weighted by Gasteiger charge is -2.65. The maximum absolute atomic E-state index is 15.0. The summed E-state index contributed by atoms with van der Waals surface area (Å²) in [5.74, 6) is 0.485. The van der Waals surface area contributed by atoms with Crippen LogP contribution < -0.4 is 0 Å². The van der Waals surface area contributed by atoms with E-state index in [2.05, 4.69) is 47.6 Å². The predicted octanol–water partition coefficient (Wildman–Crippen LogP) is -0.848. The summed E-state index contributed by atoms with van der Waals surface area (Å²) < 4.78 is 35.3. The van der Waals surface area contributed by atoms with Gasteiger partial charge >= 0.3 is 0 Å². The summed E-state index contributed by atoms with van der Waals surface area (Å²) in [6.07, 6.45) is -16.8. The molecule has 0 aromatic carbocycles. The van der Waals surface area contributed by atoms with Gasteiger partial charge in [-0.2, -0.15) is 0 Å². The molecule has 3 heterocycles. The zero-order valence-electron chi connectivity index (χ0n) is 40.2. The van der Waals surface area contributed by atoms with E-state index in [4.69, 9.17) is 28.4 Å². The number of carbonyl (C=O) groups excluding carboxylic acids is 1. The molecule has 3 saturated heterocycles. The second-order valence-electron chi connectivity index (χ2n) is 22.9. The Balaban J connectivity index is 1.02. The summed E-state index contributed by atoms with van der Waals surface area (Å²) in [5.41, 5.74) is -2.07. The second-order valence-corrected chi connectivity index (χ2v) is 22.9. The van der Waals surface area contributed by atoms with Gasteiger partial charge < -0.3 is 89.7 Å². The Bertz CT molecular complexity index is 1750. The number of aliphatic hydroxyl groups is 12. The molecule has 0 amide bonds. The van der Waals surface area contributed by atoms with Crippen LogP contribution in [0.1, 0.15) is 107 Å². The number of ether oxygens (including phenoxy) is 6. The van der Waals surface area contributed by atoms with Gasteiger partial charge in [-0.1, -0.05) is 53.2 Å². The van der Waals surface area contributed by atoms with Crippen molar-refractivity contribution in [1.29, 1.82) is 0 Å². The molecule has 386 valence electrons. The van der Waals surface area contributed by atoms with Crippen molar-refractivity contribution in [2.75, 3.05) is 19.8 Å². The number of carbonyl (C=O) groups is 1. The Hall–Kier alpha value is -1.31. The lowest BCUT2D eigenvalue weighted by molar-refractivity contribution is -0.341. The number of Topliss-reactive ketones (excluding diaryl/α,β-unsaturated/α-hetero) is 1. The van der Waals surface area contributed by atoms with E-state index < -0.39 is 141 Å². The SMILES string of the molecule is C[C@H](CC[C@@H](O[C@@H]1O[C@H](CO[C@@H]2O[C@H](CO)[C@@H](O)[C@H](O)[C@H]2O)[C@@H](O)[C@H](O)[C@H]1O)C(C)(C)O)C1CC[C@@]2(C)C3CC=C4C(CC[C@H](O[C@@H]5O[C@H](CO)[C@@H](O)[C@H](O)[C@H]5O)C4(C)C)[C@]3(C)C(=O)C[C@]12C. The Kier molecular flexibility index (Phi) is 15.7. The molecular formula is C48H80O19. The lowest BCUT2D eigenvalue weighted by atomic mass is 9.38. The van der Waals surface area contributed by atoms with Crippen molar-refractivity contribution in [3.8, 4) is 0 Å². The van der Waals surface area contributed by atoms with E-state index in [-0.39, 0.29) is 40.3 Å². The maximum atomic E-state index is 15.0. The van der Waals surface area contributed by atoms with Crippen LogP contribution in [0.25, 0.3) is 0 Å². The zero-order valence-corrected chi connectivity index (χ0v) is 40.2. The Morgan fingerprint density at radius 1 is 0.701 bits per heavy atom. The number of ketones is 1. The van der Waals surface area contributed by atoms with E-state index in [1.54, 1.807) is 13.8 Å². The first kappa shape index (κ1) is 53.5. The van der Waals surface area contributed by atoms with Gasteiger partial charge in [-0.3, -0.25) is 4.79 Å². The summed E-state index contributed by atoms with van der Waals surface area (Å²) in [6.45, 7) is 14.5. The molecule has 19 heteroatoms. The molecule has 0 aromatic heterocycles. The van der Waals surface area contributed by atoms with Crippen LogP contribution >= 0.6 is 0 Å². The third kappa shape index (κ3) is 9.15. The minimum atomic E-state index is -1.76.